The number of ketones is 1. The molecule has 0 heterocycles. The maximum atomic E-state index is 11.3. The van der Waals surface area contributed by atoms with E-state index in [1.54, 1.807) is 6.07 Å². The van der Waals surface area contributed by atoms with Gasteiger partial charge in [0.1, 0.15) is 0 Å². The lowest BCUT2D eigenvalue weighted by Gasteiger charge is -2.15. The lowest BCUT2D eigenvalue weighted by molar-refractivity contribution is 0.101. The third kappa shape index (κ3) is 3.38. The number of nitrogens with two attached hydrogens (primary N) is 1. The Morgan fingerprint density at radius 1 is 1.20 bits per heavy atom. The normalized spacial score (nSPS) is 11.9. The zero-order valence-electron chi connectivity index (χ0n) is 11.9. The number of anilines is 2. The summed E-state index contributed by atoms with van der Waals surface area (Å²) in [7, 11) is 0. The first kappa shape index (κ1) is 14.1. The Morgan fingerprint density at radius 2 is 1.90 bits per heavy atom. The molecular formula is C17H20N2O. The Bertz CT molecular complexity index is 593. The van der Waals surface area contributed by atoms with E-state index in [4.69, 9.17) is 5.73 Å². The average molecular weight is 268 g/mol. The summed E-state index contributed by atoms with van der Waals surface area (Å²) in [5, 5.41) is 3.36. The van der Waals surface area contributed by atoms with Gasteiger partial charge in [0.05, 0.1) is 0 Å². The number of benzene rings is 2. The van der Waals surface area contributed by atoms with Crippen LogP contribution in [0.2, 0.25) is 0 Å². The standard InChI is InChI=1S/C17H20N2O/c1-12(14-6-4-3-5-7-14)11-19-15-8-9-16(13(2)20)17(18)10-15/h3-10,12,19H,11,18H2,1-2H3. The number of rotatable bonds is 5. The van der Waals surface area contributed by atoms with Crippen LogP contribution in [0.5, 0.6) is 0 Å². The van der Waals surface area contributed by atoms with Gasteiger partial charge in [-0.25, -0.2) is 0 Å². The van der Waals surface area contributed by atoms with Gasteiger partial charge in [0.2, 0.25) is 0 Å². The van der Waals surface area contributed by atoms with E-state index in [0.717, 1.165) is 12.2 Å². The van der Waals surface area contributed by atoms with Gasteiger partial charge in [-0.2, -0.15) is 0 Å². The van der Waals surface area contributed by atoms with Gasteiger partial charge in [-0.15, -0.1) is 0 Å². The van der Waals surface area contributed by atoms with Gasteiger partial charge in [-0.1, -0.05) is 37.3 Å². The van der Waals surface area contributed by atoms with E-state index in [1.165, 1.54) is 12.5 Å². The number of hydrogen-bond acceptors (Lipinski definition) is 3. The molecule has 3 heteroatoms. The Kier molecular flexibility index (Phi) is 4.41. The number of carbonyl (C=O) groups is 1. The second kappa shape index (κ2) is 6.24. The smallest absolute Gasteiger partial charge is 0.161 e. The zero-order chi connectivity index (χ0) is 14.5. The fraction of sp³-hybridized carbons (Fsp3) is 0.235. The number of Topliss-reactive ketones (excluding diaryl/α,β-unsaturated/α-hetero) is 1. The van der Waals surface area contributed by atoms with E-state index >= 15 is 0 Å². The van der Waals surface area contributed by atoms with Crippen molar-refractivity contribution in [3.8, 4) is 0 Å². The molecule has 20 heavy (non-hydrogen) atoms. The quantitative estimate of drug-likeness (QED) is 0.642. The molecule has 0 aliphatic carbocycles. The van der Waals surface area contributed by atoms with Crippen molar-refractivity contribution in [1.82, 2.24) is 0 Å². The Balaban J connectivity index is 2.01. The van der Waals surface area contributed by atoms with Crippen molar-refractivity contribution >= 4 is 17.2 Å². The molecule has 1 unspecified atom stereocenters. The molecule has 0 amide bonds. The number of nitrogen functional groups attached to an aromatic ring is 1. The molecule has 2 aromatic rings. The van der Waals surface area contributed by atoms with E-state index in [2.05, 4.69) is 24.4 Å². The lowest BCUT2D eigenvalue weighted by Crippen LogP contribution is -2.10. The molecule has 0 fully saturated rings. The number of hydrogen-bond donors (Lipinski definition) is 2. The highest BCUT2D eigenvalue weighted by Gasteiger charge is 2.07. The predicted octanol–water partition coefficient (Wildman–Crippen LogP) is 3.69. The molecule has 3 nitrogen and oxygen atoms in total. The third-order valence-corrected chi connectivity index (χ3v) is 3.41. The van der Waals surface area contributed by atoms with Gasteiger partial charge < -0.3 is 11.1 Å². The van der Waals surface area contributed by atoms with Gasteiger partial charge in [0.15, 0.2) is 5.78 Å². The van der Waals surface area contributed by atoms with Crippen molar-refractivity contribution in [2.75, 3.05) is 17.6 Å². The number of nitrogens with one attached hydrogen (secondary N) is 1. The van der Waals surface area contributed by atoms with Crippen LogP contribution in [0.15, 0.2) is 48.5 Å². The molecule has 0 aliphatic rings. The molecule has 0 aromatic heterocycles. The Morgan fingerprint density at radius 3 is 2.50 bits per heavy atom. The topological polar surface area (TPSA) is 55.1 Å². The van der Waals surface area contributed by atoms with Crippen molar-refractivity contribution in [1.29, 1.82) is 0 Å². The zero-order valence-corrected chi connectivity index (χ0v) is 11.9. The maximum absolute atomic E-state index is 11.3. The second-order valence-corrected chi connectivity index (χ2v) is 5.05. The molecule has 0 aliphatic heterocycles. The highest BCUT2D eigenvalue weighted by Crippen LogP contribution is 2.20. The summed E-state index contributed by atoms with van der Waals surface area (Å²) >= 11 is 0. The lowest BCUT2D eigenvalue weighted by atomic mass is 10.0. The summed E-state index contributed by atoms with van der Waals surface area (Å²) in [5.41, 5.74) is 9.22. The van der Waals surface area contributed by atoms with Crippen LogP contribution in [0.4, 0.5) is 11.4 Å². The molecule has 0 saturated heterocycles. The minimum absolute atomic E-state index is 0.00768. The van der Waals surface area contributed by atoms with Crippen LogP contribution in [-0.4, -0.2) is 12.3 Å². The summed E-state index contributed by atoms with van der Waals surface area (Å²) in [6.07, 6.45) is 0. The van der Waals surface area contributed by atoms with Crippen LogP contribution in [0.1, 0.15) is 35.7 Å². The molecule has 0 bridgehead atoms. The van der Waals surface area contributed by atoms with Crippen LogP contribution in [0.25, 0.3) is 0 Å². The maximum Gasteiger partial charge on any atom is 0.161 e. The van der Waals surface area contributed by atoms with Gasteiger partial charge in [-0.3, -0.25) is 4.79 Å². The molecule has 2 rings (SSSR count). The van der Waals surface area contributed by atoms with Gasteiger partial charge >= 0.3 is 0 Å². The Hall–Kier alpha value is -2.29. The summed E-state index contributed by atoms with van der Waals surface area (Å²) in [6, 6.07) is 15.8. The first-order valence-electron chi connectivity index (χ1n) is 6.77. The average Bonchev–Trinajstić information content (AvgIpc) is 2.45. The molecule has 1 atom stereocenters. The van der Waals surface area contributed by atoms with Crippen LogP contribution in [0.3, 0.4) is 0 Å². The molecule has 2 aromatic carbocycles. The van der Waals surface area contributed by atoms with Gasteiger partial charge in [-0.05, 0) is 36.6 Å². The highest BCUT2D eigenvalue weighted by atomic mass is 16.1. The fourth-order valence-electron chi connectivity index (χ4n) is 2.16. The SMILES string of the molecule is CC(=O)c1ccc(NCC(C)c2ccccc2)cc1N. The molecule has 0 spiro atoms. The van der Waals surface area contributed by atoms with Crippen LogP contribution in [-0.2, 0) is 0 Å². The summed E-state index contributed by atoms with van der Waals surface area (Å²) < 4.78 is 0. The fourth-order valence-corrected chi connectivity index (χ4v) is 2.16. The van der Waals surface area contributed by atoms with Gasteiger partial charge in [0.25, 0.3) is 0 Å². The van der Waals surface area contributed by atoms with Crippen molar-refractivity contribution in [2.45, 2.75) is 19.8 Å². The molecule has 104 valence electrons. The molecule has 0 saturated carbocycles. The predicted molar refractivity (Wildman–Crippen MR) is 84.2 cm³/mol. The summed E-state index contributed by atoms with van der Waals surface area (Å²) in [6.45, 7) is 4.52. The van der Waals surface area contributed by atoms with Crippen LogP contribution >= 0.6 is 0 Å². The van der Waals surface area contributed by atoms with Gasteiger partial charge in [0, 0.05) is 23.5 Å². The van der Waals surface area contributed by atoms with Crippen LogP contribution in [0, 0.1) is 0 Å². The van der Waals surface area contributed by atoms with Crippen molar-refractivity contribution in [3.05, 3.63) is 59.7 Å². The highest BCUT2D eigenvalue weighted by molar-refractivity contribution is 5.99. The van der Waals surface area contributed by atoms with Crippen molar-refractivity contribution < 1.29 is 4.79 Å². The van der Waals surface area contributed by atoms with E-state index in [9.17, 15) is 4.79 Å². The van der Waals surface area contributed by atoms with E-state index in [-0.39, 0.29) is 5.78 Å². The van der Waals surface area contributed by atoms with E-state index in [0.29, 0.717) is 17.2 Å². The van der Waals surface area contributed by atoms with Crippen molar-refractivity contribution in [3.63, 3.8) is 0 Å². The molecular weight excluding hydrogens is 248 g/mol. The first-order chi connectivity index (χ1) is 9.58. The van der Waals surface area contributed by atoms with Crippen molar-refractivity contribution in [2.24, 2.45) is 0 Å². The van der Waals surface area contributed by atoms with E-state index < -0.39 is 0 Å². The monoisotopic (exact) mass is 268 g/mol. The molecule has 3 N–H and O–H groups in total. The summed E-state index contributed by atoms with van der Waals surface area (Å²) in [4.78, 5) is 11.3. The Labute approximate surface area is 119 Å². The van der Waals surface area contributed by atoms with Crippen LogP contribution < -0.4 is 11.1 Å². The second-order valence-electron chi connectivity index (χ2n) is 5.05. The van der Waals surface area contributed by atoms with E-state index in [1.807, 2.05) is 30.3 Å². The minimum atomic E-state index is -0.00768. The minimum Gasteiger partial charge on any atom is -0.398 e. The summed E-state index contributed by atoms with van der Waals surface area (Å²) in [5.74, 6) is 0.400. The largest absolute Gasteiger partial charge is 0.398 e. The first-order valence-corrected chi connectivity index (χ1v) is 6.77. The third-order valence-electron chi connectivity index (χ3n) is 3.41. The molecule has 0 radical (unpaired) electrons. The number of carbonyl (C=O) groups excluding carboxylic acids is 1.